The molecule has 1 aromatic rings. The van der Waals surface area contributed by atoms with E-state index >= 15 is 0 Å². The second-order valence-electron chi connectivity index (χ2n) is 5.72. The summed E-state index contributed by atoms with van der Waals surface area (Å²) in [6.07, 6.45) is 1.29. The molecule has 0 aliphatic rings. The van der Waals surface area contributed by atoms with Crippen LogP contribution >= 0.6 is 0 Å². The topological polar surface area (TPSA) is 56.7 Å². The van der Waals surface area contributed by atoms with Gasteiger partial charge in [0, 0.05) is 18.7 Å². The average molecular weight is 309 g/mol. The molecule has 0 spiro atoms. The normalized spacial score (nSPS) is 13.3. The van der Waals surface area contributed by atoms with Crippen molar-refractivity contribution >= 4 is 5.96 Å². The van der Waals surface area contributed by atoms with E-state index in [2.05, 4.69) is 29.5 Å². The second-order valence-corrected chi connectivity index (χ2v) is 5.72. The summed E-state index contributed by atoms with van der Waals surface area (Å²) in [4.78, 5) is 4.33. The Hall–Kier alpha value is -1.62. The van der Waals surface area contributed by atoms with Gasteiger partial charge in [-0.25, -0.2) is 4.39 Å². The zero-order valence-electron chi connectivity index (χ0n) is 13.8. The van der Waals surface area contributed by atoms with Crippen molar-refractivity contribution in [3.8, 4) is 0 Å². The molecular formula is C17H28FN3O. The maximum absolute atomic E-state index is 13.6. The lowest BCUT2D eigenvalue weighted by Crippen LogP contribution is -2.38. The molecule has 4 nitrogen and oxygen atoms in total. The van der Waals surface area contributed by atoms with Crippen molar-refractivity contribution in [1.82, 2.24) is 10.6 Å². The smallest absolute Gasteiger partial charge is 0.191 e. The molecule has 0 fully saturated rings. The van der Waals surface area contributed by atoms with E-state index < -0.39 is 11.9 Å². The Labute approximate surface area is 132 Å². The van der Waals surface area contributed by atoms with Gasteiger partial charge in [0.25, 0.3) is 0 Å². The number of benzene rings is 1. The van der Waals surface area contributed by atoms with Crippen LogP contribution in [0, 0.1) is 11.7 Å². The standard InChI is InChI=1S/C17H28FN3O/c1-4-19-17(20-11-7-8-13(2)3)21-12-16(22)14-9-5-6-10-15(14)18/h5-6,9-10,13,16,22H,4,7-8,11-12H2,1-3H3,(H2,19,20,21). The van der Waals surface area contributed by atoms with Crippen LogP contribution in [0.15, 0.2) is 29.3 Å². The molecule has 1 aromatic carbocycles. The van der Waals surface area contributed by atoms with E-state index in [1.54, 1.807) is 18.2 Å². The summed E-state index contributed by atoms with van der Waals surface area (Å²) in [6, 6.07) is 6.24. The Bertz CT molecular complexity index is 463. The number of aliphatic hydroxyl groups is 1. The second kappa shape index (κ2) is 10.2. The molecule has 0 aromatic heterocycles. The lowest BCUT2D eigenvalue weighted by molar-refractivity contribution is 0.182. The maximum atomic E-state index is 13.6. The largest absolute Gasteiger partial charge is 0.386 e. The molecule has 0 heterocycles. The molecule has 124 valence electrons. The molecule has 1 atom stereocenters. The highest BCUT2D eigenvalue weighted by molar-refractivity contribution is 5.79. The number of halogens is 1. The van der Waals surface area contributed by atoms with Gasteiger partial charge < -0.3 is 15.7 Å². The van der Waals surface area contributed by atoms with Crippen molar-refractivity contribution in [3.05, 3.63) is 35.6 Å². The number of guanidine groups is 1. The van der Waals surface area contributed by atoms with E-state index in [0.29, 0.717) is 11.9 Å². The van der Waals surface area contributed by atoms with Gasteiger partial charge in [0.2, 0.25) is 0 Å². The van der Waals surface area contributed by atoms with Crippen LogP contribution in [0.5, 0.6) is 0 Å². The fraction of sp³-hybridized carbons (Fsp3) is 0.588. The molecule has 0 aliphatic carbocycles. The third kappa shape index (κ3) is 6.89. The number of nitrogens with zero attached hydrogens (tertiary/aromatic N) is 1. The number of nitrogens with one attached hydrogen (secondary N) is 2. The highest BCUT2D eigenvalue weighted by Gasteiger charge is 2.11. The molecule has 1 unspecified atom stereocenters. The van der Waals surface area contributed by atoms with Gasteiger partial charge in [0.15, 0.2) is 5.96 Å². The summed E-state index contributed by atoms with van der Waals surface area (Å²) in [6.45, 7) is 8.08. The zero-order chi connectivity index (χ0) is 16.4. The van der Waals surface area contributed by atoms with Crippen LogP contribution in [0.2, 0.25) is 0 Å². The van der Waals surface area contributed by atoms with Crippen LogP contribution in [0.1, 0.15) is 45.3 Å². The Morgan fingerprint density at radius 3 is 2.64 bits per heavy atom. The van der Waals surface area contributed by atoms with Crippen molar-refractivity contribution in [2.24, 2.45) is 10.9 Å². The third-order valence-electron chi connectivity index (χ3n) is 3.28. The predicted molar refractivity (Wildman–Crippen MR) is 89.4 cm³/mol. The van der Waals surface area contributed by atoms with Gasteiger partial charge in [-0.05, 0) is 31.7 Å². The summed E-state index contributed by atoms with van der Waals surface area (Å²) < 4.78 is 13.6. The van der Waals surface area contributed by atoms with E-state index in [1.165, 1.54) is 6.07 Å². The molecule has 0 saturated heterocycles. The van der Waals surface area contributed by atoms with Crippen molar-refractivity contribution < 1.29 is 9.50 Å². The lowest BCUT2D eigenvalue weighted by Gasteiger charge is -2.14. The monoisotopic (exact) mass is 309 g/mol. The van der Waals surface area contributed by atoms with Crippen molar-refractivity contribution in [2.75, 3.05) is 19.6 Å². The first-order valence-electron chi connectivity index (χ1n) is 7.99. The van der Waals surface area contributed by atoms with E-state index in [0.717, 1.165) is 25.9 Å². The number of hydrogen-bond donors (Lipinski definition) is 3. The summed E-state index contributed by atoms with van der Waals surface area (Å²) in [5.41, 5.74) is 0.280. The van der Waals surface area contributed by atoms with E-state index in [1.807, 2.05) is 6.92 Å². The summed E-state index contributed by atoms with van der Waals surface area (Å²) >= 11 is 0. The quantitative estimate of drug-likeness (QED) is 0.393. The van der Waals surface area contributed by atoms with E-state index in [4.69, 9.17) is 0 Å². The van der Waals surface area contributed by atoms with Crippen LogP contribution in [0.25, 0.3) is 0 Å². The van der Waals surface area contributed by atoms with Gasteiger partial charge in [-0.3, -0.25) is 4.99 Å². The predicted octanol–water partition coefficient (Wildman–Crippen LogP) is 2.85. The first-order valence-corrected chi connectivity index (χ1v) is 7.99. The molecule has 22 heavy (non-hydrogen) atoms. The van der Waals surface area contributed by atoms with E-state index in [9.17, 15) is 9.50 Å². The molecule has 5 heteroatoms. The van der Waals surface area contributed by atoms with Gasteiger partial charge in [-0.15, -0.1) is 0 Å². The summed E-state index contributed by atoms with van der Waals surface area (Å²) in [5, 5.41) is 16.4. The van der Waals surface area contributed by atoms with E-state index in [-0.39, 0.29) is 12.1 Å². The third-order valence-corrected chi connectivity index (χ3v) is 3.28. The van der Waals surface area contributed by atoms with Gasteiger partial charge in [-0.2, -0.15) is 0 Å². The Morgan fingerprint density at radius 2 is 2.00 bits per heavy atom. The van der Waals surface area contributed by atoms with Crippen LogP contribution in [0.4, 0.5) is 4.39 Å². The van der Waals surface area contributed by atoms with Gasteiger partial charge in [0.1, 0.15) is 11.9 Å². The minimum atomic E-state index is -0.938. The highest BCUT2D eigenvalue weighted by atomic mass is 19.1. The first kappa shape index (κ1) is 18.4. The molecule has 0 saturated carbocycles. The highest BCUT2D eigenvalue weighted by Crippen LogP contribution is 2.16. The van der Waals surface area contributed by atoms with Gasteiger partial charge in [0.05, 0.1) is 6.54 Å². The van der Waals surface area contributed by atoms with Gasteiger partial charge in [-0.1, -0.05) is 32.0 Å². The first-order chi connectivity index (χ1) is 10.5. The number of aliphatic hydroxyl groups excluding tert-OH is 1. The van der Waals surface area contributed by atoms with Crippen LogP contribution in [-0.2, 0) is 0 Å². The van der Waals surface area contributed by atoms with Gasteiger partial charge >= 0.3 is 0 Å². The minimum Gasteiger partial charge on any atom is -0.386 e. The maximum Gasteiger partial charge on any atom is 0.191 e. The molecule has 0 radical (unpaired) electrons. The van der Waals surface area contributed by atoms with Crippen molar-refractivity contribution in [3.63, 3.8) is 0 Å². The summed E-state index contributed by atoms with van der Waals surface area (Å²) in [5.74, 6) is 0.936. The molecule has 0 aliphatic heterocycles. The molecule has 1 rings (SSSR count). The van der Waals surface area contributed by atoms with Crippen molar-refractivity contribution in [2.45, 2.75) is 39.7 Å². The van der Waals surface area contributed by atoms with Crippen LogP contribution < -0.4 is 10.6 Å². The van der Waals surface area contributed by atoms with Crippen LogP contribution in [-0.4, -0.2) is 30.7 Å². The fourth-order valence-electron chi connectivity index (χ4n) is 2.08. The SMILES string of the molecule is CCNC(=NCC(O)c1ccccc1F)NCCCC(C)C. The Balaban J connectivity index is 2.52. The number of aliphatic imine (C=N–C) groups is 1. The zero-order valence-corrected chi connectivity index (χ0v) is 13.8. The Kier molecular flexibility index (Phi) is 8.51. The number of hydrogen-bond acceptors (Lipinski definition) is 2. The Morgan fingerprint density at radius 1 is 1.27 bits per heavy atom. The fourth-order valence-corrected chi connectivity index (χ4v) is 2.08. The number of rotatable bonds is 8. The van der Waals surface area contributed by atoms with Crippen LogP contribution in [0.3, 0.4) is 0 Å². The molecular weight excluding hydrogens is 281 g/mol. The average Bonchev–Trinajstić information content (AvgIpc) is 2.49. The lowest BCUT2D eigenvalue weighted by atomic mass is 10.1. The molecule has 0 bridgehead atoms. The molecule has 0 amide bonds. The minimum absolute atomic E-state index is 0.125. The molecule has 3 N–H and O–H groups in total. The summed E-state index contributed by atoms with van der Waals surface area (Å²) in [7, 11) is 0. The van der Waals surface area contributed by atoms with Crippen molar-refractivity contribution in [1.29, 1.82) is 0 Å².